The van der Waals surface area contributed by atoms with E-state index in [0.717, 1.165) is 5.69 Å². The van der Waals surface area contributed by atoms with E-state index in [4.69, 9.17) is 5.73 Å². The Kier molecular flexibility index (Phi) is 3.33. The molecule has 0 amide bonds. The molecule has 0 radical (unpaired) electrons. The third-order valence-corrected chi connectivity index (χ3v) is 2.72. The highest BCUT2D eigenvalue weighted by Crippen LogP contribution is 2.28. The third kappa shape index (κ3) is 2.59. The smallest absolute Gasteiger partial charge is 0.0414 e. The molecule has 2 nitrogen and oxygen atoms in total. The molecule has 0 unspecified atom stereocenters. The van der Waals surface area contributed by atoms with E-state index in [1.165, 1.54) is 11.4 Å². The number of nitrogen functional groups attached to an aromatic ring is 1. The van der Waals surface area contributed by atoms with Crippen molar-refractivity contribution in [2.24, 2.45) is 0 Å². The van der Waals surface area contributed by atoms with Crippen LogP contribution in [0, 0.1) is 0 Å². The lowest BCUT2D eigenvalue weighted by molar-refractivity contribution is 0.789. The Labute approximate surface area is 103 Å². The molecule has 88 valence electrons. The summed E-state index contributed by atoms with van der Waals surface area (Å²) in [5.41, 5.74) is 8.89. The predicted molar refractivity (Wildman–Crippen MR) is 74.6 cm³/mol. The first-order chi connectivity index (χ1) is 8.18. The van der Waals surface area contributed by atoms with E-state index < -0.39 is 0 Å². The molecule has 0 atom stereocenters. The minimum Gasteiger partial charge on any atom is -0.399 e. The lowest BCUT2D eigenvalue weighted by atomic mass is 10.2. The number of para-hydroxylation sites is 1. The second kappa shape index (κ2) is 4.91. The van der Waals surface area contributed by atoms with E-state index in [-0.39, 0.29) is 0 Å². The van der Waals surface area contributed by atoms with Crippen LogP contribution in [0.5, 0.6) is 0 Å². The SMILES string of the molecule is CC(C)N(c1ccccc1)c1ccc(N)cc1. The van der Waals surface area contributed by atoms with Crippen LogP contribution in [0.15, 0.2) is 54.6 Å². The van der Waals surface area contributed by atoms with Crippen molar-refractivity contribution in [2.75, 3.05) is 10.6 Å². The summed E-state index contributed by atoms with van der Waals surface area (Å²) in [5, 5.41) is 0. The first kappa shape index (κ1) is 11.5. The Hall–Kier alpha value is -1.96. The predicted octanol–water partition coefficient (Wildman–Crippen LogP) is 3.82. The minimum atomic E-state index is 0.404. The fourth-order valence-electron chi connectivity index (χ4n) is 1.97. The molecule has 2 rings (SSSR count). The fraction of sp³-hybridized carbons (Fsp3) is 0.200. The van der Waals surface area contributed by atoms with Gasteiger partial charge in [-0.3, -0.25) is 0 Å². The fourth-order valence-corrected chi connectivity index (χ4v) is 1.97. The molecule has 0 bridgehead atoms. The Morgan fingerprint density at radius 1 is 0.824 bits per heavy atom. The van der Waals surface area contributed by atoms with Crippen LogP contribution in [0.25, 0.3) is 0 Å². The summed E-state index contributed by atoms with van der Waals surface area (Å²) in [6.07, 6.45) is 0. The highest BCUT2D eigenvalue weighted by Gasteiger charge is 2.11. The van der Waals surface area contributed by atoms with Gasteiger partial charge in [-0.1, -0.05) is 18.2 Å². The van der Waals surface area contributed by atoms with E-state index in [2.05, 4.69) is 55.1 Å². The van der Waals surface area contributed by atoms with Gasteiger partial charge in [0.25, 0.3) is 0 Å². The summed E-state index contributed by atoms with van der Waals surface area (Å²) in [6, 6.07) is 18.8. The molecule has 2 aromatic carbocycles. The largest absolute Gasteiger partial charge is 0.399 e. The summed E-state index contributed by atoms with van der Waals surface area (Å²) in [5.74, 6) is 0. The molecule has 0 aliphatic heterocycles. The van der Waals surface area contributed by atoms with Crippen molar-refractivity contribution in [3.05, 3.63) is 54.6 Å². The van der Waals surface area contributed by atoms with Gasteiger partial charge in [0.2, 0.25) is 0 Å². The van der Waals surface area contributed by atoms with Crippen molar-refractivity contribution in [1.29, 1.82) is 0 Å². The van der Waals surface area contributed by atoms with Gasteiger partial charge in [-0.15, -0.1) is 0 Å². The van der Waals surface area contributed by atoms with E-state index in [0.29, 0.717) is 6.04 Å². The van der Waals surface area contributed by atoms with Gasteiger partial charge in [0.05, 0.1) is 0 Å². The number of hydrogen-bond acceptors (Lipinski definition) is 2. The maximum Gasteiger partial charge on any atom is 0.0414 e. The molecule has 0 saturated heterocycles. The van der Waals surface area contributed by atoms with Gasteiger partial charge in [0.1, 0.15) is 0 Å². The van der Waals surface area contributed by atoms with E-state index in [9.17, 15) is 0 Å². The first-order valence-corrected chi connectivity index (χ1v) is 5.88. The van der Waals surface area contributed by atoms with E-state index >= 15 is 0 Å². The van der Waals surface area contributed by atoms with Gasteiger partial charge in [-0.2, -0.15) is 0 Å². The van der Waals surface area contributed by atoms with Crippen molar-refractivity contribution in [1.82, 2.24) is 0 Å². The second-order valence-corrected chi connectivity index (χ2v) is 4.39. The highest BCUT2D eigenvalue weighted by molar-refractivity contribution is 5.65. The number of hydrogen-bond donors (Lipinski definition) is 1. The zero-order chi connectivity index (χ0) is 12.3. The monoisotopic (exact) mass is 226 g/mol. The first-order valence-electron chi connectivity index (χ1n) is 5.88. The number of nitrogens with zero attached hydrogens (tertiary/aromatic N) is 1. The average Bonchev–Trinajstić information content (AvgIpc) is 2.33. The van der Waals surface area contributed by atoms with Crippen molar-refractivity contribution in [2.45, 2.75) is 19.9 Å². The Balaban J connectivity index is 2.39. The zero-order valence-corrected chi connectivity index (χ0v) is 10.3. The molecular formula is C15H18N2. The molecule has 0 aliphatic carbocycles. The van der Waals surface area contributed by atoms with E-state index in [1.54, 1.807) is 0 Å². The van der Waals surface area contributed by atoms with Crippen LogP contribution in [0.2, 0.25) is 0 Å². The summed E-state index contributed by atoms with van der Waals surface area (Å²) in [6.45, 7) is 4.37. The molecule has 2 aromatic rings. The number of rotatable bonds is 3. The van der Waals surface area contributed by atoms with Crippen molar-refractivity contribution in [3.8, 4) is 0 Å². The molecule has 2 N–H and O–H groups in total. The van der Waals surface area contributed by atoms with Gasteiger partial charge >= 0.3 is 0 Å². The zero-order valence-electron chi connectivity index (χ0n) is 10.3. The van der Waals surface area contributed by atoms with Crippen LogP contribution < -0.4 is 10.6 Å². The molecule has 0 fully saturated rings. The van der Waals surface area contributed by atoms with Crippen molar-refractivity contribution < 1.29 is 0 Å². The lowest BCUT2D eigenvalue weighted by Crippen LogP contribution is -2.25. The van der Waals surface area contributed by atoms with Crippen LogP contribution in [-0.4, -0.2) is 6.04 Å². The van der Waals surface area contributed by atoms with Gasteiger partial charge in [0.15, 0.2) is 0 Å². The van der Waals surface area contributed by atoms with Gasteiger partial charge in [-0.25, -0.2) is 0 Å². The molecule has 0 spiro atoms. The van der Waals surface area contributed by atoms with Crippen LogP contribution in [0.1, 0.15) is 13.8 Å². The van der Waals surface area contributed by atoms with Crippen molar-refractivity contribution >= 4 is 17.1 Å². The van der Waals surface area contributed by atoms with Gasteiger partial charge in [0, 0.05) is 23.1 Å². The normalized spacial score (nSPS) is 10.5. The topological polar surface area (TPSA) is 29.3 Å². The minimum absolute atomic E-state index is 0.404. The maximum absolute atomic E-state index is 5.72. The summed E-state index contributed by atoms with van der Waals surface area (Å²) in [4.78, 5) is 2.29. The second-order valence-electron chi connectivity index (χ2n) is 4.39. The van der Waals surface area contributed by atoms with Crippen LogP contribution >= 0.6 is 0 Å². The standard InChI is InChI=1S/C15H18N2/c1-12(2)17(14-6-4-3-5-7-14)15-10-8-13(16)9-11-15/h3-12H,16H2,1-2H3. The molecule has 2 heteroatoms. The molecule has 0 heterocycles. The number of nitrogens with two attached hydrogens (primary N) is 1. The average molecular weight is 226 g/mol. The Bertz CT molecular complexity index is 460. The molecule has 17 heavy (non-hydrogen) atoms. The van der Waals surface area contributed by atoms with Crippen LogP contribution in [0.4, 0.5) is 17.1 Å². The summed E-state index contributed by atoms with van der Waals surface area (Å²) < 4.78 is 0. The highest BCUT2D eigenvalue weighted by atomic mass is 15.2. The van der Waals surface area contributed by atoms with Crippen LogP contribution in [0.3, 0.4) is 0 Å². The summed E-state index contributed by atoms with van der Waals surface area (Å²) in [7, 11) is 0. The van der Waals surface area contributed by atoms with Gasteiger partial charge < -0.3 is 10.6 Å². The van der Waals surface area contributed by atoms with Crippen molar-refractivity contribution in [3.63, 3.8) is 0 Å². The molecule has 0 aliphatic rings. The lowest BCUT2D eigenvalue weighted by Gasteiger charge is -2.29. The molecule has 0 saturated carbocycles. The quantitative estimate of drug-likeness (QED) is 0.806. The van der Waals surface area contributed by atoms with E-state index in [1.807, 2.05) is 18.2 Å². The Morgan fingerprint density at radius 2 is 1.35 bits per heavy atom. The van der Waals surface area contributed by atoms with Crippen LogP contribution in [-0.2, 0) is 0 Å². The summed E-state index contributed by atoms with van der Waals surface area (Å²) >= 11 is 0. The molecule has 0 aromatic heterocycles. The van der Waals surface area contributed by atoms with Gasteiger partial charge in [-0.05, 0) is 50.2 Å². The Morgan fingerprint density at radius 3 is 1.88 bits per heavy atom. The molecular weight excluding hydrogens is 208 g/mol. The third-order valence-electron chi connectivity index (χ3n) is 2.72. The number of anilines is 3. The maximum atomic E-state index is 5.72. The number of benzene rings is 2.